The first-order chi connectivity index (χ1) is 9.19. The second-order valence-corrected chi connectivity index (χ2v) is 9.07. The highest BCUT2D eigenvalue weighted by Crippen LogP contribution is 2.40. The Labute approximate surface area is 125 Å². The summed E-state index contributed by atoms with van der Waals surface area (Å²) in [6.07, 6.45) is 7.16. The van der Waals surface area contributed by atoms with Crippen molar-refractivity contribution >= 4 is 0 Å². The number of aliphatic hydroxyl groups excluding tert-OH is 1. The lowest BCUT2D eigenvalue weighted by atomic mass is 9.73. The maximum absolute atomic E-state index is 10.4. The van der Waals surface area contributed by atoms with E-state index in [0.29, 0.717) is 16.9 Å². The Morgan fingerprint density at radius 3 is 2.40 bits per heavy atom. The van der Waals surface area contributed by atoms with Gasteiger partial charge in [-0.05, 0) is 68.4 Å². The van der Waals surface area contributed by atoms with Crippen LogP contribution in [0, 0.1) is 16.7 Å². The van der Waals surface area contributed by atoms with Crippen LogP contribution >= 0.6 is 0 Å². The molecule has 2 nitrogen and oxygen atoms in total. The maximum Gasteiger partial charge on any atom is 0.0695 e. The number of hydrogen-bond donors (Lipinski definition) is 1. The molecule has 2 fully saturated rings. The minimum atomic E-state index is -0.103. The monoisotopic (exact) mass is 281 g/mol. The van der Waals surface area contributed by atoms with Gasteiger partial charge in [0.05, 0.1) is 6.10 Å². The van der Waals surface area contributed by atoms with Crippen molar-refractivity contribution in [1.82, 2.24) is 4.90 Å². The Morgan fingerprint density at radius 2 is 1.75 bits per heavy atom. The van der Waals surface area contributed by atoms with Crippen LogP contribution < -0.4 is 0 Å². The predicted molar refractivity (Wildman–Crippen MR) is 85.8 cm³/mol. The summed E-state index contributed by atoms with van der Waals surface area (Å²) < 4.78 is 0. The molecule has 20 heavy (non-hydrogen) atoms. The van der Waals surface area contributed by atoms with Gasteiger partial charge in [0, 0.05) is 6.04 Å². The summed E-state index contributed by atoms with van der Waals surface area (Å²) in [7, 11) is 0. The van der Waals surface area contributed by atoms with Crippen molar-refractivity contribution in [2.24, 2.45) is 16.7 Å². The Morgan fingerprint density at radius 1 is 1.05 bits per heavy atom. The van der Waals surface area contributed by atoms with Gasteiger partial charge in [-0.15, -0.1) is 0 Å². The minimum absolute atomic E-state index is 0.103. The Hall–Kier alpha value is -0.0800. The van der Waals surface area contributed by atoms with Crippen molar-refractivity contribution in [3.63, 3.8) is 0 Å². The molecule has 0 bridgehead atoms. The molecule has 1 heterocycles. The normalized spacial score (nSPS) is 36.6. The molecule has 0 aromatic heterocycles. The van der Waals surface area contributed by atoms with E-state index in [1.165, 1.54) is 38.8 Å². The summed E-state index contributed by atoms with van der Waals surface area (Å²) in [4.78, 5) is 2.61. The highest BCUT2D eigenvalue weighted by molar-refractivity contribution is 4.92. The van der Waals surface area contributed by atoms with Crippen molar-refractivity contribution in [3.8, 4) is 0 Å². The van der Waals surface area contributed by atoms with E-state index < -0.39 is 0 Å². The number of aliphatic hydroxyl groups is 1. The summed E-state index contributed by atoms with van der Waals surface area (Å²) in [5.74, 6) is 0.834. The number of likely N-dealkylation sites (tertiary alicyclic amines) is 1. The third-order valence-corrected chi connectivity index (χ3v) is 5.78. The van der Waals surface area contributed by atoms with Crippen molar-refractivity contribution in [2.45, 2.75) is 85.3 Å². The number of hydrogen-bond acceptors (Lipinski definition) is 2. The molecule has 2 heteroatoms. The maximum atomic E-state index is 10.4. The average molecular weight is 281 g/mol. The van der Waals surface area contributed by atoms with Crippen LogP contribution in [-0.2, 0) is 0 Å². The molecule has 3 unspecified atom stereocenters. The molecule has 1 aliphatic carbocycles. The first-order valence-corrected chi connectivity index (χ1v) is 8.61. The average Bonchev–Trinajstić information content (AvgIpc) is 2.57. The molecule has 118 valence electrons. The van der Waals surface area contributed by atoms with E-state index in [1.54, 1.807) is 0 Å². The van der Waals surface area contributed by atoms with Crippen LogP contribution in [0.5, 0.6) is 0 Å². The van der Waals surface area contributed by atoms with Crippen LogP contribution in [0.25, 0.3) is 0 Å². The topological polar surface area (TPSA) is 23.5 Å². The molecule has 0 amide bonds. The predicted octanol–water partition coefficient (Wildman–Crippen LogP) is 4.07. The van der Waals surface area contributed by atoms with Crippen LogP contribution in [0.3, 0.4) is 0 Å². The van der Waals surface area contributed by atoms with E-state index in [1.807, 2.05) is 0 Å². The molecule has 0 aromatic carbocycles. The molecule has 3 atom stereocenters. The molecule has 0 radical (unpaired) electrons. The fraction of sp³-hybridized carbons (Fsp3) is 1.00. The molecule has 2 aliphatic rings. The number of rotatable bonds is 1. The quantitative estimate of drug-likeness (QED) is 0.783. The van der Waals surface area contributed by atoms with Crippen LogP contribution in [0.15, 0.2) is 0 Å². The standard InChI is InChI=1S/C18H35NO/c1-17(2,3)14-7-6-11-19(12-9-14)15-13-18(4,5)10-8-16(15)20/h14-16,20H,6-13H2,1-5H3. The third kappa shape index (κ3) is 3.98. The van der Waals surface area contributed by atoms with E-state index in [2.05, 4.69) is 39.5 Å². The summed E-state index contributed by atoms with van der Waals surface area (Å²) in [6, 6.07) is 0.400. The lowest BCUT2D eigenvalue weighted by Crippen LogP contribution is -2.49. The van der Waals surface area contributed by atoms with Crippen LogP contribution in [0.2, 0.25) is 0 Å². The van der Waals surface area contributed by atoms with Gasteiger partial charge in [-0.2, -0.15) is 0 Å². The fourth-order valence-electron chi connectivity index (χ4n) is 4.22. The highest BCUT2D eigenvalue weighted by atomic mass is 16.3. The van der Waals surface area contributed by atoms with Crippen molar-refractivity contribution < 1.29 is 5.11 Å². The second kappa shape index (κ2) is 5.96. The number of nitrogens with zero attached hydrogens (tertiary/aromatic N) is 1. The first-order valence-electron chi connectivity index (χ1n) is 8.61. The fourth-order valence-corrected chi connectivity index (χ4v) is 4.22. The second-order valence-electron chi connectivity index (χ2n) is 9.07. The zero-order chi connectivity index (χ0) is 15.0. The van der Waals surface area contributed by atoms with E-state index in [-0.39, 0.29) is 6.10 Å². The van der Waals surface area contributed by atoms with E-state index in [0.717, 1.165) is 18.8 Å². The van der Waals surface area contributed by atoms with Crippen LogP contribution in [0.1, 0.15) is 73.1 Å². The zero-order valence-electron chi connectivity index (χ0n) is 14.3. The third-order valence-electron chi connectivity index (χ3n) is 5.78. The van der Waals surface area contributed by atoms with E-state index in [4.69, 9.17) is 0 Å². The van der Waals surface area contributed by atoms with Crippen molar-refractivity contribution in [3.05, 3.63) is 0 Å². The molecule has 0 aromatic rings. The molecular weight excluding hydrogens is 246 g/mol. The van der Waals surface area contributed by atoms with Gasteiger partial charge in [0.25, 0.3) is 0 Å². The largest absolute Gasteiger partial charge is 0.391 e. The van der Waals surface area contributed by atoms with Gasteiger partial charge in [0.15, 0.2) is 0 Å². The Balaban J connectivity index is 1.99. The summed E-state index contributed by atoms with van der Waals surface area (Å²) in [6.45, 7) is 14.2. The lowest BCUT2D eigenvalue weighted by Gasteiger charge is -2.44. The van der Waals surface area contributed by atoms with Gasteiger partial charge in [0.2, 0.25) is 0 Å². The minimum Gasteiger partial charge on any atom is -0.391 e. The summed E-state index contributed by atoms with van der Waals surface area (Å²) in [5, 5.41) is 10.4. The van der Waals surface area contributed by atoms with Gasteiger partial charge in [-0.25, -0.2) is 0 Å². The molecule has 1 saturated carbocycles. The Kier molecular flexibility index (Phi) is 4.86. The van der Waals surface area contributed by atoms with Gasteiger partial charge in [0.1, 0.15) is 0 Å². The SMILES string of the molecule is CC1(C)CCC(O)C(N2CCCC(C(C)(C)C)CC2)C1. The van der Waals surface area contributed by atoms with Crippen molar-refractivity contribution in [2.75, 3.05) is 13.1 Å². The Bertz CT molecular complexity index is 318. The molecule has 1 saturated heterocycles. The smallest absolute Gasteiger partial charge is 0.0695 e. The van der Waals surface area contributed by atoms with Crippen LogP contribution in [-0.4, -0.2) is 35.2 Å². The van der Waals surface area contributed by atoms with Gasteiger partial charge >= 0.3 is 0 Å². The summed E-state index contributed by atoms with van der Waals surface area (Å²) >= 11 is 0. The van der Waals surface area contributed by atoms with Crippen molar-refractivity contribution in [1.29, 1.82) is 0 Å². The molecule has 2 rings (SSSR count). The van der Waals surface area contributed by atoms with Gasteiger partial charge < -0.3 is 5.11 Å². The van der Waals surface area contributed by atoms with Crippen LogP contribution in [0.4, 0.5) is 0 Å². The summed E-state index contributed by atoms with van der Waals surface area (Å²) in [5.41, 5.74) is 0.833. The van der Waals surface area contributed by atoms with E-state index in [9.17, 15) is 5.11 Å². The lowest BCUT2D eigenvalue weighted by molar-refractivity contribution is -0.0168. The zero-order valence-corrected chi connectivity index (χ0v) is 14.3. The molecule has 1 N–H and O–H groups in total. The van der Waals surface area contributed by atoms with Gasteiger partial charge in [-0.1, -0.05) is 34.6 Å². The first kappa shape index (κ1) is 16.3. The molecule has 0 spiro atoms. The highest BCUT2D eigenvalue weighted by Gasteiger charge is 2.38. The van der Waals surface area contributed by atoms with E-state index >= 15 is 0 Å². The molecule has 1 aliphatic heterocycles. The van der Waals surface area contributed by atoms with Gasteiger partial charge in [-0.3, -0.25) is 4.90 Å². The molecular formula is C18H35NO.